The van der Waals surface area contributed by atoms with Gasteiger partial charge in [0, 0.05) is 24.3 Å². The molecule has 1 aliphatic heterocycles. The van der Waals surface area contributed by atoms with Gasteiger partial charge in [0.2, 0.25) is 0 Å². The number of hydrogen-bond donors (Lipinski definition) is 2. The van der Waals surface area contributed by atoms with Crippen molar-refractivity contribution >= 4 is 17.7 Å². The van der Waals surface area contributed by atoms with Crippen molar-refractivity contribution in [3.05, 3.63) is 28.5 Å². The molecule has 1 saturated heterocycles. The van der Waals surface area contributed by atoms with Crippen LogP contribution in [-0.4, -0.2) is 35.0 Å². The highest BCUT2D eigenvalue weighted by Crippen LogP contribution is 2.31. The lowest BCUT2D eigenvalue weighted by Gasteiger charge is -2.27. The summed E-state index contributed by atoms with van der Waals surface area (Å²) in [7, 11) is 0. The van der Waals surface area contributed by atoms with Crippen LogP contribution in [0.25, 0.3) is 0 Å². The molecule has 2 N–H and O–H groups in total. The van der Waals surface area contributed by atoms with Crippen LogP contribution >= 0.6 is 11.6 Å². The third-order valence-electron chi connectivity index (χ3n) is 3.54. The van der Waals surface area contributed by atoms with Gasteiger partial charge in [-0.25, -0.2) is 4.79 Å². The van der Waals surface area contributed by atoms with E-state index in [1.807, 2.05) is 0 Å². The van der Waals surface area contributed by atoms with Gasteiger partial charge in [0.25, 0.3) is 0 Å². The lowest BCUT2D eigenvalue weighted by Crippen LogP contribution is -2.38. The summed E-state index contributed by atoms with van der Waals surface area (Å²) >= 11 is 5.94. The molecule has 0 saturated carbocycles. The molecule has 128 valence electrons. The number of halogens is 1. The smallest absolute Gasteiger partial charge is 0.408 e. The van der Waals surface area contributed by atoms with Gasteiger partial charge in [-0.3, -0.25) is 4.98 Å². The van der Waals surface area contributed by atoms with Crippen LogP contribution in [0.15, 0.2) is 12.3 Å². The van der Waals surface area contributed by atoms with Gasteiger partial charge < -0.3 is 19.9 Å². The Kier molecular flexibility index (Phi) is 5.84. The largest absolute Gasteiger partial charge is 0.444 e. The summed E-state index contributed by atoms with van der Waals surface area (Å²) in [6, 6.07) is 1.26. The predicted molar refractivity (Wildman–Crippen MR) is 86.2 cm³/mol. The number of aliphatic hydroxyl groups is 1. The molecule has 0 bridgehead atoms. The van der Waals surface area contributed by atoms with E-state index >= 15 is 0 Å². The normalized spacial score (nSPS) is 19.4. The summed E-state index contributed by atoms with van der Waals surface area (Å²) in [5.41, 5.74) is 0.595. The number of carbonyl (C=O) groups is 1. The molecule has 23 heavy (non-hydrogen) atoms. The van der Waals surface area contributed by atoms with Crippen LogP contribution < -0.4 is 5.32 Å². The van der Waals surface area contributed by atoms with E-state index in [0.29, 0.717) is 29.5 Å². The number of pyridine rings is 1. The second-order valence-electron chi connectivity index (χ2n) is 6.60. The molecule has 2 atom stereocenters. The maximum absolute atomic E-state index is 12.2. The fourth-order valence-corrected chi connectivity index (χ4v) is 2.74. The van der Waals surface area contributed by atoms with Crippen LogP contribution in [0.2, 0.25) is 5.02 Å². The first-order chi connectivity index (χ1) is 10.8. The predicted octanol–water partition coefficient (Wildman–Crippen LogP) is 2.83. The van der Waals surface area contributed by atoms with Gasteiger partial charge in [-0.1, -0.05) is 11.6 Å². The average Bonchev–Trinajstić information content (AvgIpc) is 2.97. The van der Waals surface area contributed by atoms with Gasteiger partial charge in [0.1, 0.15) is 5.60 Å². The van der Waals surface area contributed by atoms with Crippen molar-refractivity contribution in [1.29, 1.82) is 0 Å². The zero-order valence-corrected chi connectivity index (χ0v) is 14.4. The van der Waals surface area contributed by atoms with Gasteiger partial charge in [-0.2, -0.15) is 0 Å². The monoisotopic (exact) mass is 342 g/mol. The van der Waals surface area contributed by atoms with E-state index in [9.17, 15) is 9.90 Å². The molecule has 6 nitrogen and oxygen atoms in total. The van der Waals surface area contributed by atoms with E-state index in [-0.39, 0.29) is 12.5 Å². The topological polar surface area (TPSA) is 80.7 Å². The lowest BCUT2D eigenvalue weighted by atomic mass is 9.93. The van der Waals surface area contributed by atoms with Crippen LogP contribution in [0.4, 0.5) is 4.79 Å². The van der Waals surface area contributed by atoms with E-state index in [4.69, 9.17) is 21.1 Å². The third kappa shape index (κ3) is 5.06. The summed E-state index contributed by atoms with van der Waals surface area (Å²) < 4.78 is 10.8. The third-order valence-corrected chi connectivity index (χ3v) is 3.75. The number of nitrogens with zero attached hydrogens (tertiary/aromatic N) is 1. The van der Waals surface area contributed by atoms with E-state index in [1.54, 1.807) is 26.8 Å². The molecular weight excluding hydrogens is 320 g/mol. The quantitative estimate of drug-likeness (QED) is 0.879. The summed E-state index contributed by atoms with van der Waals surface area (Å²) in [5, 5.41) is 12.9. The van der Waals surface area contributed by atoms with Crippen LogP contribution in [0.5, 0.6) is 0 Å². The highest BCUT2D eigenvalue weighted by atomic mass is 35.5. The Bertz CT molecular complexity index is 554. The van der Waals surface area contributed by atoms with Gasteiger partial charge in [0.05, 0.1) is 30.0 Å². The van der Waals surface area contributed by atoms with Crippen LogP contribution in [0.1, 0.15) is 44.5 Å². The molecular formula is C16H23ClN2O4. The number of alkyl carbamates (subject to hydrolysis) is 1. The number of rotatable bonds is 4. The summed E-state index contributed by atoms with van der Waals surface area (Å²) in [4.78, 5) is 16.5. The number of ether oxygens (including phenoxy) is 2. The van der Waals surface area contributed by atoms with Crippen molar-refractivity contribution in [1.82, 2.24) is 10.3 Å². The van der Waals surface area contributed by atoms with Crippen LogP contribution in [-0.2, 0) is 16.1 Å². The maximum atomic E-state index is 12.2. The minimum absolute atomic E-state index is 0.0708. The Hall–Kier alpha value is -1.37. The van der Waals surface area contributed by atoms with Gasteiger partial charge in [-0.05, 0) is 33.3 Å². The lowest BCUT2D eigenvalue weighted by molar-refractivity contribution is 0.0478. The Balaban J connectivity index is 2.26. The van der Waals surface area contributed by atoms with E-state index in [0.717, 1.165) is 6.42 Å². The Morgan fingerprint density at radius 3 is 2.91 bits per heavy atom. The molecule has 2 heterocycles. The zero-order valence-electron chi connectivity index (χ0n) is 13.6. The second kappa shape index (κ2) is 7.47. The number of nitrogens with one attached hydrogen (secondary N) is 1. The molecule has 1 amide bonds. The SMILES string of the molecule is CC(C)(C)OC(=O)NC(c1ncc(Cl)cc1CO)C1CCOC1. The molecule has 1 aromatic rings. The van der Waals surface area contributed by atoms with Crippen molar-refractivity contribution < 1.29 is 19.4 Å². The van der Waals surface area contributed by atoms with Crippen molar-refractivity contribution in [2.75, 3.05) is 13.2 Å². The first-order valence-electron chi connectivity index (χ1n) is 7.62. The number of hydrogen-bond acceptors (Lipinski definition) is 5. The molecule has 0 aliphatic carbocycles. The highest BCUT2D eigenvalue weighted by molar-refractivity contribution is 6.30. The second-order valence-corrected chi connectivity index (χ2v) is 7.04. The van der Waals surface area contributed by atoms with Crippen molar-refractivity contribution in [3.8, 4) is 0 Å². The van der Waals surface area contributed by atoms with Crippen molar-refractivity contribution in [3.63, 3.8) is 0 Å². The van der Waals surface area contributed by atoms with E-state index in [1.165, 1.54) is 6.20 Å². The van der Waals surface area contributed by atoms with Gasteiger partial charge in [-0.15, -0.1) is 0 Å². The minimum atomic E-state index is -0.589. The Labute approximate surface area is 141 Å². The fourth-order valence-electron chi connectivity index (χ4n) is 2.56. The zero-order chi connectivity index (χ0) is 17.0. The number of aromatic nitrogens is 1. The number of carbonyl (C=O) groups excluding carboxylic acids is 1. The molecule has 0 spiro atoms. The standard InChI is InChI=1S/C16H23ClN2O4/c1-16(2,3)23-15(21)19-14(10-4-5-22-9-10)13-11(8-20)6-12(17)7-18-13/h6-7,10,14,20H,4-5,8-9H2,1-3H3,(H,19,21). The molecule has 2 unspecified atom stereocenters. The molecule has 1 aliphatic rings. The first kappa shape index (κ1) is 18.0. The van der Waals surface area contributed by atoms with Crippen molar-refractivity contribution in [2.24, 2.45) is 5.92 Å². The molecule has 2 rings (SSSR count). The van der Waals surface area contributed by atoms with E-state index in [2.05, 4.69) is 10.3 Å². The summed E-state index contributed by atoms with van der Waals surface area (Å²) in [6.07, 6.45) is 1.79. The van der Waals surface area contributed by atoms with Crippen LogP contribution in [0, 0.1) is 5.92 Å². The molecule has 7 heteroatoms. The van der Waals surface area contributed by atoms with Crippen molar-refractivity contribution in [2.45, 2.75) is 45.4 Å². The van der Waals surface area contributed by atoms with Gasteiger partial charge >= 0.3 is 6.09 Å². The Morgan fingerprint density at radius 1 is 1.61 bits per heavy atom. The molecule has 1 aromatic heterocycles. The van der Waals surface area contributed by atoms with E-state index < -0.39 is 17.7 Å². The maximum Gasteiger partial charge on any atom is 0.408 e. The van der Waals surface area contributed by atoms with Crippen LogP contribution in [0.3, 0.4) is 0 Å². The summed E-state index contributed by atoms with van der Waals surface area (Å²) in [6.45, 7) is 6.37. The molecule has 1 fully saturated rings. The number of aliphatic hydroxyl groups excluding tert-OH is 1. The minimum Gasteiger partial charge on any atom is -0.444 e. The molecule has 0 aromatic carbocycles. The Morgan fingerprint density at radius 2 is 2.35 bits per heavy atom. The average molecular weight is 343 g/mol. The number of amides is 1. The highest BCUT2D eigenvalue weighted by Gasteiger charge is 2.32. The van der Waals surface area contributed by atoms with Gasteiger partial charge in [0.15, 0.2) is 0 Å². The molecule has 0 radical (unpaired) electrons. The summed E-state index contributed by atoms with van der Waals surface area (Å²) in [5.74, 6) is 0.0708. The fraction of sp³-hybridized carbons (Fsp3) is 0.625. The first-order valence-corrected chi connectivity index (χ1v) is 8.00.